The van der Waals surface area contributed by atoms with Gasteiger partial charge in [-0.05, 0) is 72.6 Å². The summed E-state index contributed by atoms with van der Waals surface area (Å²) in [6.07, 6.45) is 5.44. The molecule has 1 saturated heterocycles. The van der Waals surface area contributed by atoms with Gasteiger partial charge < -0.3 is 5.11 Å². The van der Waals surface area contributed by atoms with Gasteiger partial charge in [0.05, 0.1) is 5.57 Å². The Hall–Kier alpha value is -1.22. The van der Waals surface area contributed by atoms with Crippen LogP contribution < -0.4 is 0 Å². The third kappa shape index (κ3) is 3.81. The molecule has 0 aromatic heterocycles. The fraction of sp³-hybridized carbons (Fsp3) is 0.591. The zero-order valence-electron chi connectivity index (χ0n) is 15.7. The molecule has 1 fully saturated rings. The third-order valence-corrected chi connectivity index (χ3v) is 6.91. The Labute approximate surface area is 156 Å². The van der Waals surface area contributed by atoms with Gasteiger partial charge in [0.1, 0.15) is 5.76 Å². The second-order valence-electron chi connectivity index (χ2n) is 7.53. The molecule has 3 heteroatoms. The van der Waals surface area contributed by atoms with Crippen molar-refractivity contribution in [2.45, 2.75) is 59.3 Å². The van der Waals surface area contributed by atoms with E-state index in [1.165, 1.54) is 41.0 Å². The number of carbonyl (C=O) groups is 1. The van der Waals surface area contributed by atoms with Gasteiger partial charge >= 0.3 is 0 Å². The Morgan fingerprint density at radius 3 is 2.16 bits per heavy atom. The number of benzene rings is 1. The molecule has 0 radical (unpaired) electrons. The Balaban J connectivity index is 1.98. The zero-order valence-corrected chi connectivity index (χ0v) is 16.5. The van der Waals surface area contributed by atoms with Gasteiger partial charge in [-0.3, -0.25) is 4.79 Å². The molecule has 136 valence electrons. The summed E-state index contributed by atoms with van der Waals surface area (Å²) in [4.78, 5) is 13.1. The van der Waals surface area contributed by atoms with E-state index in [2.05, 4.69) is 32.9 Å². The summed E-state index contributed by atoms with van der Waals surface area (Å²) in [6, 6.07) is 4.35. The molecular weight excluding hydrogens is 328 g/mol. The van der Waals surface area contributed by atoms with Crippen LogP contribution in [-0.4, -0.2) is 22.4 Å². The molecule has 1 aromatic carbocycles. The lowest BCUT2D eigenvalue weighted by Crippen LogP contribution is -2.28. The maximum Gasteiger partial charge on any atom is 0.167 e. The van der Waals surface area contributed by atoms with Crippen LogP contribution in [0.15, 0.2) is 17.9 Å². The van der Waals surface area contributed by atoms with Gasteiger partial charge in [-0.1, -0.05) is 31.5 Å². The van der Waals surface area contributed by atoms with Crippen LogP contribution in [-0.2, 0) is 17.6 Å². The molecule has 2 aliphatic rings. The Bertz CT molecular complexity index is 658. The molecule has 0 amide bonds. The first kappa shape index (κ1) is 18.6. The SMILES string of the molecule is CCc1cc(C)cc(CC)c1C1=C(O)CC(C2CCSCC2)CC1=O. The molecule has 1 aliphatic carbocycles. The molecule has 3 rings (SSSR count). The minimum atomic E-state index is 0.153. The summed E-state index contributed by atoms with van der Waals surface area (Å²) in [6.45, 7) is 6.37. The summed E-state index contributed by atoms with van der Waals surface area (Å²) in [5.74, 6) is 3.82. The highest BCUT2D eigenvalue weighted by molar-refractivity contribution is 7.99. The van der Waals surface area contributed by atoms with Gasteiger partial charge in [0.2, 0.25) is 0 Å². The van der Waals surface area contributed by atoms with E-state index in [9.17, 15) is 9.90 Å². The predicted octanol–water partition coefficient (Wildman–Crippen LogP) is 5.51. The average Bonchev–Trinajstić information content (AvgIpc) is 2.62. The lowest BCUT2D eigenvalue weighted by atomic mass is 9.74. The Morgan fingerprint density at radius 1 is 1.04 bits per heavy atom. The van der Waals surface area contributed by atoms with Gasteiger partial charge in [0.15, 0.2) is 5.78 Å². The number of aryl methyl sites for hydroxylation is 3. The molecular formula is C22H30O2S. The predicted molar refractivity (Wildman–Crippen MR) is 107 cm³/mol. The van der Waals surface area contributed by atoms with E-state index < -0.39 is 0 Å². The molecule has 1 atom stereocenters. The molecule has 0 saturated carbocycles. The number of ketones is 1. The van der Waals surface area contributed by atoms with Crippen LogP contribution in [0.3, 0.4) is 0 Å². The summed E-state index contributed by atoms with van der Waals surface area (Å²) < 4.78 is 0. The standard InChI is InChI=1S/C22H30O2S/c1-4-15-10-14(3)11-16(5-2)21(15)22-19(23)12-18(13-20(22)24)17-6-8-25-9-7-17/h10-11,17-18,23H,4-9,12-13H2,1-3H3. The number of Topliss-reactive ketones (excluding diaryl/α,β-unsaturated/α-hetero) is 1. The van der Waals surface area contributed by atoms with Crippen LogP contribution in [0.2, 0.25) is 0 Å². The quantitative estimate of drug-likeness (QED) is 0.771. The molecule has 0 bridgehead atoms. The van der Waals surface area contributed by atoms with Gasteiger partial charge in [-0.2, -0.15) is 11.8 Å². The van der Waals surface area contributed by atoms with E-state index in [1.807, 2.05) is 11.8 Å². The number of aliphatic hydroxyl groups excluding tert-OH is 1. The molecule has 0 spiro atoms. The van der Waals surface area contributed by atoms with Crippen molar-refractivity contribution >= 4 is 23.1 Å². The number of carbonyl (C=O) groups excluding carboxylic acids is 1. The highest BCUT2D eigenvalue weighted by atomic mass is 32.2. The molecule has 25 heavy (non-hydrogen) atoms. The summed E-state index contributed by atoms with van der Waals surface area (Å²) >= 11 is 2.01. The topological polar surface area (TPSA) is 37.3 Å². The van der Waals surface area contributed by atoms with Gasteiger partial charge in [0, 0.05) is 12.8 Å². The summed E-state index contributed by atoms with van der Waals surface area (Å²) in [7, 11) is 0. The third-order valence-electron chi connectivity index (χ3n) is 5.86. The van der Waals surface area contributed by atoms with E-state index in [4.69, 9.17) is 0 Å². The van der Waals surface area contributed by atoms with Crippen LogP contribution >= 0.6 is 11.8 Å². The van der Waals surface area contributed by atoms with Crippen LogP contribution in [0.5, 0.6) is 0 Å². The number of thioether (sulfide) groups is 1. The highest BCUT2D eigenvalue weighted by Crippen LogP contribution is 2.41. The summed E-state index contributed by atoms with van der Waals surface area (Å²) in [5.41, 5.74) is 5.27. The van der Waals surface area contributed by atoms with Crippen molar-refractivity contribution in [1.29, 1.82) is 0 Å². The first-order valence-corrected chi connectivity index (χ1v) is 10.9. The average molecular weight is 359 g/mol. The highest BCUT2D eigenvalue weighted by Gasteiger charge is 2.35. The largest absolute Gasteiger partial charge is 0.512 e. The normalized spacial score (nSPS) is 22.5. The van der Waals surface area contributed by atoms with Gasteiger partial charge in [0.25, 0.3) is 0 Å². The number of hydrogen-bond acceptors (Lipinski definition) is 3. The number of rotatable bonds is 4. The number of aliphatic hydroxyl groups is 1. The van der Waals surface area contributed by atoms with Crippen molar-refractivity contribution in [2.24, 2.45) is 11.8 Å². The van der Waals surface area contributed by atoms with Crippen molar-refractivity contribution in [2.75, 3.05) is 11.5 Å². The van der Waals surface area contributed by atoms with Crippen molar-refractivity contribution in [3.63, 3.8) is 0 Å². The summed E-state index contributed by atoms with van der Waals surface area (Å²) in [5, 5.41) is 10.9. The molecule has 1 heterocycles. The van der Waals surface area contributed by atoms with Crippen LogP contribution in [0.1, 0.15) is 61.8 Å². The molecule has 1 aromatic rings. The van der Waals surface area contributed by atoms with Crippen LogP contribution in [0.25, 0.3) is 5.57 Å². The fourth-order valence-corrected chi connectivity index (χ4v) is 5.69. The van der Waals surface area contributed by atoms with E-state index >= 15 is 0 Å². The number of hydrogen-bond donors (Lipinski definition) is 1. The van der Waals surface area contributed by atoms with Crippen molar-refractivity contribution in [1.82, 2.24) is 0 Å². The lowest BCUT2D eigenvalue weighted by molar-refractivity contribution is -0.115. The maximum absolute atomic E-state index is 13.1. The van der Waals surface area contributed by atoms with Crippen molar-refractivity contribution in [3.05, 3.63) is 40.1 Å². The first-order valence-electron chi connectivity index (χ1n) is 9.70. The molecule has 1 N–H and O–H groups in total. The van der Waals surface area contributed by atoms with E-state index in [0.29, 0.717) is 36.0 Å². The maximum atomic E-state index is 13.1. The minimum Gasteiger partial charge on any atom is -0.512 e. The molecule has 1 unspecified atom stereocenters. The van der Waals surface area contributed by atoms with Crippen LogP contribution in [0, 0.1) is 18.8 Å². The monoisotopic (exact) mass is 358 g/mol. The lowest BCUT2D eigenvalue weighted by Gasteiger charge is -2.33. The second kappa shape index (κ2) is 7.99. The van der Waals surface area contributed by atoms with E-state index in [0.717, 1.165) is 18.4 Å². The van der Waals surface area contributed by atoms with E-state index in [1.54, 1.807) is 0 Å². The molecule has 2 nitrogen and oxygen atoms in total. The second-order valence-corrected chi connectivity index (χ2v) is 8.75. The van der Waals surface area contributed by atoms with Gasteiger partial charge in [-0.25, -0.2) is 0 Å². The number of allylic oxidation sites excluding steroid dienone is 2. The van der Waals surface area contributed by atoms with E-state index in [-0.39, 0.29) is 5.78 Å². The minimum absolute atomic E-state index is 0.153. The van der Waals surface area contributed by atoms with Gasteiger partial charge in [-0.15, -0.1) is 0 Å². The van der Waals surface area contributed by atoms with Crippen LogP contribution in [0.4, 0.5) is 0 Å². The van der Waals surface area contributed by atoms with Crippen molar-refractivity contribution < 1.29 is 9.90 Å². The fourth-order valence-electron chi connectivity index (χ4n) is 4.55. The molecule has 1 aliphatic heterocycles. The smallest absolute Gasteiger partial charge is 0.167 e. The Kier molecular flexibility index (Phi) is 5.93. The first-order chi connectivity index (χ1) is 12.0. The Morgan fingerprint density at radius 2 is 1.64 bits per heavy atom. The zero-order chi connectivity index (χ0) is 18.0. The van der Waals surface area contributed by atoms with Crippen molar-refractivity contribution in [3.8, 4) is 0 Å².